The molecule has 0 radical (unpaired) electrons. The third-order valence-electron chi connectivity index (χ3n) is 6.06. The molecule has 1 amide bonds. The summed E-state index contributed by atoms with van der Waals surface area (Å²) in [6, 6.07) is 7.06. The van der Waals surface area contributed by atoms with E-state index in [0.717, 1.165) is 13.0 Å². The predicted octanol–water partition coefficient (Wildman–Crippen LogP) is 4.45. The van der Waals surface area contributed by atoms with Crippen LogP contribution in [-0.2, 0) is 4.74 Å². The molecular weight excluding hydrogens is 463 g/mol. The third-order valence-corrected chi connectivity index (χ3v) is 6.36. The number of carbonyl (C=O) groups excluding carboxylic acids is 1. The second-order valence-corrected chi connectivity index (χ2v) is 8.54. The predicted molar refractivity (Wildman–Crippen MR) is 126 cm³/mol. The molecule has 1 fully saturated rings. The molecule has 178 valence electrons. The SMILES string of the molecule is COc1c(Cl)cccc1Nc1c(-c2ccncc2OC[C@@H]2CCO2)[nH]c2c1C(=O)NC[C@H]2CF. The van der Waals surface area contributed by atoms with Crippen molar-refractivity contribution in [1.82, 2.24) is 15.3 Å². The zero-order valence-corrected chi connectivity index (χ0v) is 19.2. The molecule has 10 heteroatoms. The number of hydrogen-bond acceptors (Lipinski definition) is 6. The van der Waals surface area contributed by atoms with E-state index in [1.807, 2.05) is 0 Å². The Balaban J connectivity index is 1.63. The van der Waals surface area contributed by atoms with Gasteiger partial charge < -0.3 is 29.8 Å². The van der Waals surface area contributed by atoms with Gasteiger partial charge in [0, 0.05) is 42.9 Å². The molecule has 4 heterocycles. The van der Waals surface area contributed by atoms with E-state index in [9.17, 15) is 9.18 Å². The van der Waals surface area contributed by atoms with Gasteiger partial charge in [0.1, 0.15) is 12.4 Å². The molecule has 0 bridgehead atoms. The number of fused-ring (bicyclic) bond motifs is 1. The minimum atomic E-state index is -0.619. The van der Waals surface area contributed by atoms with Crippen LogP contribution in [0.4, 0.5) is 15.8 Å². The van der Waals surface area contributed by atoms with Crippen molar-refractivity contribution in [2.45, 2.75) is 18.4 Å². The number of nitrogens with one attached hydrogen (secondary N) is 3. The molecule has 0 saturated carbocycles. The average Bonchev–Trinajstić information content (AvgIpc) is 3.19. The number of carbonyl (C=O) groups is 1. The first-order chi connectivity index (χ1) is 16.6. The second-order valence-electron chi connectivity index (χ2n) is 8.13. The van der Waals surface area contributed by atoms with Crippen LogP contribution in [0.3, 0.4) is 0 Å². The van der Waals surface area contributed by atoms with Gasteiger partial charge in [-0.1, -0.05) is 17.7 Å². The van der Waals surface area contributed by atoms with Gasteiger partial charge in [-0.3, -0.25) is 14.2 Å². The van der Waals surface area contributed by atoms with Crippen LogP contribution in [0.1, 0.15) is 28.4 Å². The maximum Gasteiger partial charge on any atom is 0.255 e. The van der Waals surface area contributed by atoms with Crippen LogP contribution in [-0.4, -0.2) is 55.5 Å². The van der Waals surface area contributed by atoms with Crippen molar-refractivity contribution in [2.75, 3.05) is 38.9 Å². The monoisotopic (exact) mass is 486 g/mol. The number of pyridine rings is 1. The van der Waals surface area contributed by atoms with E-state index in [-0.39, 0.29) is 18.6 Å². The number of ether oxygens (including phenoxy) is 3. The van der Waals surface area contributed by atoms with Gasteiger partial charge in [0.15, 0.2) is 5.75 Å². The maximum absolute atomic E-state index is 13.9. The van der Waals surface area contributed by atoms with Crippen LogP contribution >= 0.6 is 11.6 Å². The molecule has 2 aliphatic rings. The molecule has 1 saturated heterocycles. The number of aromatic amines is 1. The van der Waals surface area contributed by atoms with E-state index in [4.69, 9.17) is 25.8 Å². The van der Waals surface area contributed by atoms with Crippen LogP contribution in [0.5, 0.6) is 11.5 Å². The zero-order chi connectivity index (χ0) is 23.7. The normalized spacial score (nSPS) is 19.1. The Morgan fingerprint density at radius 1 is 1.35 bits per heavy atom. The van der Waals surface area contributed by atoms with Crippen molar-refractivity contribution in [3.63, 3.8) is 0 Å². The van der Waals surface area contributed by atoms with Crippen LogP contribution in [0, 0.1) is 0 Å². The highest BCUT2D eigenvalue weighted by molar-refractivity contribution is 6.32. The molecule has 3 aromatic rings. The molecule has 8 nitrogen and oxygen atoms in total. The Morgan fingerprint density at radius 2 is 2.21 bits per heavy atom. The fraction of sp³-hybridized carbons (Fsp3) is 0.333. The van der Waals surface area contributed by atoms with E-state index in [1.165, 1.54) is 7.11 Å². The summed E-state index contributed by atoms with van der Waals surface area (Å²) >= 11 is 6.32. The number of para-hydroxylation sites is 1. The number of aromatic nitrogens is 2. The van der Waals surface area contributed by atoms with Crippen LogP contribution in [0.25, 0.3) is 11.3 Å². The van der Waals surface area contributed by atoms with Gasteiger partial charge in [-0.05, 0) is 18.2 Å². The molecular formula is C24H24ClFN4O4. The average molecular weight is 487 g/mol. The maximum atomic E-state index is 13.9. The van der Waals surface area contributed by atoms with Crippen LogP contribution in [0.15, 0.2) is 36.7 Å². The number of nitrogens with zero attached hydrogens (tertiary/aromatic N) is 1. The number of benzene rings is 1. The van der Waals surface area contributed by atoms with Gasteiger partial charge in [0.2, 0.25) is 0 Å². The Kier molecular flexibility index (Phi) is 6.30. The van der Waals surface area contributed by atoms with Crippen LogP contribution < -0.4 is 20.1 Å². The second kappa shape index (κ2) is 9.52. The first-order valence-electron chi connectivity index (χ1n) is 11.0. The van der Waals surface area contributed by atoms with E-state index < -0.39 is 12.6 Å². The summed E-state index contributed by atoms with van der Waals surface area (Å²) in [5.74, 6) is 0.148. The highest BCUT2D eigenvalue weighted by Crippen LogP contribution is 2.44. The molecule has 0 unspecified atom stereocenters. The van der Waals surface area contributed by atoms with Crippen molar-refractivity contribution in [3.8, 4) is 22.8 Å². The lowest BCUT2D eigenvalue weighted by Gasteiger charge is -2.26. The lowest BCUT2D eigenvalue weighted by molar-refractivity contribution is -0.0720. The number of hydrogen-bond donors (Lipinski definition) is 3. The van der Waals surface area contributed by atoms with Crippen molar-refractivity contribution in [1.29, 1.82) is 0 Å². The highest BCUT2D eigenvalue weighted by Gasteiger charge is 2.34. The Morgan fingerprint density at radius 3 is 2.94 bits per heavy atom. The van der Waals surface area contributed by atoms with E-state index in [2.05, 4.69) is 20.6 Å². The minimum absolute atomic E-state index is 0.0416. The number of halogens is 2. The van der Waals surface area contributed by atoms with E-state index in [1.54, 1.807) is 36.7 Å². The highest BCUT2D eigenvalue weighted by atomic mass is 35.5. The van der Waals surface area contributed by atoms with Gasteiger partial charge in [0.05, 0.1) is 53.7 Å². The molecule has 5 rings (SSSR count). The largest absolute Gasteiger partial charge is 0.493 e. The van der Waals surface area contributed by atoms with Gasteiger partial charge in [-0.15, -0.1) is 0 Å². The third kappa shape index (κ3) is 4.05. The van der Waals surface area contributed by atoms with Crippen molar-refractivity contribution >= 4 is 28.9 Å². The molecule has 2 atom stereocenters. The number of rotatable bonds is 8. The van der Waals surface area contributed by atoms with Crippen molar-refractivity contribution in [2.24, 2.45) is 0 Å². The number of anilines is 2. The number of amides is 1. The van der Waals surface area contributed by atoms with E-state index >= 15 is 0 Å². The van der Waals surface area contributed by atoms with Crippen molar-refractivity contribution < 1.29 is 23.4 Å². The molecule has 0 aliphatic carbocycles. The fourth-order valence-corrected chi connectivity index (χ4v) is 4.43. The lowest BCUT2D eigenvalue weighted by atomic mass is 9.97. The topological polar surface area (TPSA) is 97.5 Å². The Labute approximate surface area is 200 Å². The minimum Gasteiger partial charge on any atom is -0.493 e. The lowest BCUT2D eigenvalue weighted by Crippen LogP contribution is -2.35. The molecule has 0 spiro atoms. The summed E-state index contributed by atoms with van der Waals surface area (Å²) in [5, 5.41) is 6.50. The number of H-pyrrole nitrogens is 1. The number of alkyl halides is 1. The first-order valence-corrected chi connectivity index (χ1v) is 11.4. The zero-order valence-electron chi connectivity index (χ0n) is 18.5. The summed E-state index contributed by atoms with van der Waals surface area (Å²) in [5.41, 5.74) is 3.16. The van der Waals surface area contributed by atoms with Crippen molar-refractivity contribution in [3.05, 3.63) is 52.9 Å². The van der Waals surface area contributed by atoms with E-state index in [0.29, 0.717) is 57.0 Å². The Bertz CT molecular complexity index is 1210. The standard InChI is InChI=1S/C24H24ClFN4O4/c1-32-23-16(25)3-2-4-17(23)29-22-19-20(13(9-26)10-28-24(19)31)30-21(22)15-5-7-27-11-18(15)34-12-14-6-8-33-14/h2-5,7,11,13-14,29-30H,6,8-10,12H2,1H3,(H,28,31)/t13-,14+/m1/s1. The smallest absolute Gasteiger partial charge is 0.255 e. The Hall–Kier alpha value is -3.30. The molecule has 1 aromatic carbocycles. The summed E-state index contributed by atoms with van der Waals surface area (Å²) in [7, 11) is 1.52. The van der Waals surface area contributed by atoms with Gasteiger partial charge in [-0.25, -0.2) is 0 Å². The fourth-order valence-electron chi connectivity index (χ4n) is 4.18. The summed E-state index contributed by atoms with van der Waals surface area (Å²) in [6.45, 7) is 0.705. The molecule has 2 aromatic heterocycles. The van der Waals surface area contributed by atoms with Gasteiger partial charge >= 0.3 is 0 Å². The molecule has 3 N–H and O–H groups in total. The number of methoxy groups -OCH3 is 1. The first kappa shape index (κ1) is 22.5. The van der Waals surface area contributed by atoms with Gasteiger partial charge in [0.25, 0.3) is 5.91 Å². The molecule has 2 aliphatic heterocycles. The quantitative estimate of drug-likeness (QED) is 0.435. The summed E-state index contributed by atoms with van der Waals surface area (Å²) in [6.07, 6.45) is 4.23. The van der Waals surface area contributed by atoms with Crippen LogP contribution in [0.2, 0.25) is 5.02 Å². The summed E-state index contributed by atoms with van der Waals surface area (Å²) in [4.78, 5) is 20.5. The van der Waals surface area contributed by atoms with Gasteiger partial charge in [-0.2, -0.15) is 0 Å². The molecule has 34 heavy (non-hydrogen) atoms. The summed E-state index contributed by atoms with van der Waals surface area (Å²) < 4.78 is 30.8.